The highest BCUT2D eigenvalue weighted by molar-refractivity contribution is 9.10. The molecular formula is C25H30BrClN2O3. The molecule has 2 amide bonds. The van der Waals surface area contributed by atoms with Gasteiger partial charge < -0.3 is 15.0 Å². The minimum absolute atomic E-state index is 0.126. The summed E-state index contributed by atoms with van der Waals surface area (Å²) < 4.78 is 6.72. The van der Waals surface area contributed by atoms with Crippen molar-refractivity contribution in [2.45, 2.75) is 65.1 Å². The van der Waals surface area contributed by atoms with E-state index in [0.717, 1.165) is 46.8 Å². The Balaban J connectivity index is 1.74. The van der Waals surface area contributed by atoms with Crippen LogP contribution in [0.2, 0.25) is 5.02 Å². The van der Waals surface area contributed by atoms with Crippen molar-refractivity contribution in [2.75, 3.05) is 6.61 Å². The van der Waals surface area contributed by atoms with Crippen LogP contribution in [0.25, 0.3) is 0 Å². The number of halogens is 2. The first-order valence-corrected chi connectivity index (χ1v) is 12.2. The van der Waals surface area contributed by atoms with E-state index < -0.39 is 6.04 Å². The summed E-state index contributed by atoms with van der Waals surface area (Å²) in [4.78, 5) is 27.7. The van der Waals surface area contributed by atoms with Gasteiger partial charge in [0.15, 0.2) is 6.61 Å². The second-order valence-corrected chi connectivity index (χ2v) is 9.77. The number of amides is 2. The molecule has 32 heavy (non-hydrogen) atoms. The van der Waals surface area contributed by atoms with Crippen LogP contribution in [0.1, 0.15) is 49.3 Å². The highest BCUT2D eigenvalue weighted by Gasteiger charge is 2.28. The molecule has 0 heterocycles. The van der Waals surface area contributed by atoms with Crippen molar-refractivity contribution in [3.8, 4) is 5.75 Å². The highest BCUT2D eigenvalue weighted by Crippen LogP contribution is 2.26. The Kier molecular flexibility index (Phi) is 8.60. The minimum Gasteiger partial charge on any atom is -0.484 e. The Bertz CT molecular complexity index is 952. The van der Waals surface area contributed by atoms with Crippen molar-refractivity contribution in [3.63, 3.8) is 0 Å². The van der Waals surface area contributed by atoms with Crippen molar-refractivity contribution in [3.05, 3.63) is 62.6 Å². The second-order valence-electron chi connectivity index (χ2n) is 8.48. The van der Waals surface area contributed by atoms with Crippen LogP contribution in [0.15, 0.2) is 40.9 Å². The van der Waals surface area contributed by atoms with Crippen LogP contribution in [-0.2, 0) is 16.1 Å². The molecule has 0 aliphatic heterocycles. The second kappa shape index (κ2) is 11.2. The largest absolute Gasteiger partial charge is 0.484 e. The van der Waals surface area contributed by atoms with Crippen LogP contribution >= 0.6 is 27.5 Å². The van der Waals surface area contributed by atoms with Crippen molar-refractivity contribution < 1.29 is 14.3 Å². The van der Waals surface area contributed by atoms with Crippen LogP contribution in [0.3, 0.4) is 0 Å². The number of nitrogens with one attached hydrogen (secondary N) is 1. The van der Waals surface area contributed by atoms with Crippen LogP contribution in [-0.4, -0.2) is 35.4 Å². The summed E-state index contributed by atoms with van der Waals surface area (Å²) >= 11 is 9.71. The molecule has 0 unspecified atom stereocenters. The molecule has 1 fully saturated rings. The summed E-state index contributed by atoms with van der Waals surface area (Å²) in [6, 6.07) is 11.0. The molecular weight excluding hydrogens is 492 g/mol. The van der Waals surface area contributed by atoms with E-state index in [1.165, 1.54) is 0 Å². The molecule has 5 nitrogen and oxygen atoms in total. The number of hydrogen-bond acceptors (Lipinski definition) is 3. The van der Waals surface area contributed by atoms with Gasteiger partial charge in [0.2, 0.25) is 5.91 Å². The Morgan fingerprint density at radius 2 is 1.84 bits per heavy atom. The summed E-state index contributed by atoms with van der Waals surface area (Å²) in [7, 11) is 0. The van der Waals surface area contributed by atoms with E-state index in [0.29, 0.717) is 17.3 Å². The lowest BCUT2D eigenvalue weighted by Crippen LogP contribution is -2.50. The van der Waals surface area contributed by atoms with E-state index in [1.807, 2.05) is 50.2 Å². The maximum Gasteiger partial charge on any atom is 0.261 e. The van der Waals surface area contributed by atoms with E-state index in [4.69, 9.17) is 16.3 Å². The zero-order valence-corrected chi connectivity index (χ0v) is 21.1. The first-order valence-electron chi connectivity index (χ1n) is 11.0. The molecule has 1 N–H and O–H groups in total. The van der Waals surface area contributed by atoms with Crippen LogP contribution in [0.5, 0.6) is 5.75 Å². The fourth-order valence-corrected chi connectivity index (χ4v) is 4.58. The maximum atomic E-state index is 13.2. The number of carbonyl (C=O) groups is 2. The van der Waals surface area contributed by atoms with Gasteiger partial charge in [0.25, 0.3) is 5.91 Å². The molecule has 0 radical (unpaired) electrons. The Morgan fingerprint density at radius 1 is 1.19 bits per heavy atom. The molecule has 172 valence electrons. The molecule has 3 rings (SSSR count). The lowest BCUT2D eigenvalue weighted by molar-refractivity contribution is -0.142. The standard InChI is InChI=1S/C25H30BrClN2O3/c1-16-11-22(12-17(2)24(16)27)32-15-23(30)29(14-19-7-6-8-20(26)13-19)18(3)25(31)28-21-9-4-5-10-21/h6-8,11-13,18,21H,4-5,9-10,14-15H2,1-3H3,(H,28,31)/t18-/m1/s1. The molecule has 2 aromatic rings. The summed E-state index contributed by atoms with van der Waals surface area (Å²) in [5.41, 5.74) is 2.72. The number of benzene rings is 2. The maximum absolute atomic E-state index is 13.2. The average molecular weight is 522 g/mol. The van der Waals surface area contributed by atoms with Crippen LogP contribution in [0.4, 0.5) is 0 Å². The molecule has 1 aliphatic carbocycles. The van der Waals surface area contributed by atoms with Crippen molar-refractivity contribution >= 4 is 39.3 Å². The molecule has 1 saturated carbocycles. The van der Waals surface area contributed by atoms with Gasteiger partial charge in [-0.3, -0.25) is 9.59 Å². The number of carbonyl (C=O) groups excluding carboxylic acids is 2. The average Bonchev–Trinajstić information content (AvgIpc) is 3.26. The van der Waals surface area contributed by atoms with Gasteiger partial charge in [-0.05, 0) is 74.6 Å². The molecule has 1 aliphatic rings. The topological polar surface area (TPSA) is 58.6 Å². The van der Waals surface area contributed by atoms with Crippen LogP contribution < -0.4 is 10.1 Å². The minimum atomic E-state index is -0.612. The molecule has 0 spiro atoms. The summed E-state index contributed by atoms with van der Waals surface area (Å²) in [5.74, 6) is 0.214. The number of aryl methyl sites for hydroxylation is 2. The summed E-state index contributed by atoms with van der Waals surface area (Å²) in [5, 5.41) is 3.80. The molecule has 0 saturated heterocycles. The molecule has 0 bridgehead atoms. The van der Waals surface area contributed by atoms with Gasteiger partial charge in [-0.1, -0.05) is 52.5 Å². The number of ether oxygens (including phenoxy) is 1. The van der Waals surface area contributed by atoms with E-state index in [1.54, 1.807) is 11.8 Å². The Hall–Kier alpha value is -2.05. The van der Waals surface area contributed by atoms with Gasteiger partial charge in [0.1, 0.15) is 11.8 Å². The molecule has 2 aromatic carbocycles. The number of rotatable bonds is 8. The quantitative estimate of drug-likeness (QED) is 0.494. The summed E-state index contributed by atoms with van der Waals surface area (Å²) in [6.07, 6.45) is 4.26. The van der Waals surface area contributed by atoms with Gasteiger partial charge in [0, 0.05) is 22.1 Å². The third-order valence-electron chi connectivity index (χ3n) is 5.88. The predicted molar refractivity (Wildman–Crippen MR) is 131 cm³/mol. The van der Waals surface area contributed by atoms with Crippen LogP contribution in [0, 0.1) is 13.8 Å². The zero-order valence-electron chi connectivity index (χ0n) is 18.8. The van der Waals surface area contributed by atoms with Gasteiger partial charge in [-0.15, -0.1) is 0 Å². The monoisotopic (exact) mass is 520 g/mol. The zero-order chi connectivity index (χ0) is 23.3. The Morgan fingerprint density at radius 3 is 2.47 bits per heavy atom. The van der Waals surface area contributed by atoms with E-state index in [2.05, 4.69) is 21.2 Å². The molecule has 1 atom stereocenters. The number of hydrogen-bond donors (Lipinski definition) is 1. The SMILES string of the molecule is Cc1cc(OCC(=O)N(Cc2cccc(Br)c2)[C@H](C)C(=O)NC2CCCC2)cc(C)c1Cl. The third-order valence-corrected chi connectivity index (χ3v) is 6.97. The fourth-order valence-electron chi connectivity index (χ4n) is 4.02. The highest BCUT2D eigenvalue weighted by atomic mass is 79.9. The lowest BCUT2D eigenvalue weighted by Gasteiger charge is -2.29. The van der Waals surface area contributed by atoms with Crippen molar-refractivity contribution in [2.24, 2.45) is 0 Å². The van der Waals surface area contributed by atoms with Gasteiger partial charge >= 0.3 is 0 Å². The summed E-state index contributed by atoms with van der Waals surface area (Å²) in [6.45, 7) is 5.74. The van der Waals surface area contributed by atoms with Crippen molar-refractivity contribution in [1.82, 2.24) is 10.2 Å². The van der Waals surface area contributed by atoms with E-state index in [9.17, 15) is 9.59 Å². The fraction of sp³-hybridized carbons (Fsp3) is 0.440. The van der Waals surface area contributed by atoms with E-state index in [-0.39, 0.29) is 24.5 Å². The first kappa shape index (κ1) is 24.6. The first-order chi connectivity index (χ1) is 15.2. The lowest BCUT2D eigenvalue weighted by atomic mass is 10.1. The van der Waals surface area contributed by atoms with E-state index >= 15 is 0 Å². The van der Waals surface area contributed by atoms with Gasteiger partial charge in [0.05, 0.1) is 0 Å². The normalized spacial score (nSPS) is 14.8. The molecule has 7 heteroatoms. The third kappa shape index (κ3) is 6.48. The number of nitrogens with zero attached hydrogens (tertiary/aromatic N) is 1. The van der Waals surface area contributed by atoms with Crippen molar-refractivity contribution in [1.29, 1.82) is 0 Å². The smallest absolute Gasteiger partial charge is 0.261 e. The molecule has 0 aromatic heterocycles. The van der Waals surface area contributed by atoms with Gasteiger partial charge in [-0.2, -0.15) is 0 Å². The van der Waals surface area contributed by atoms with Gasteiger partial charge in [-0.25, -0.2) is 0 Å². The Labute approximate surface area is 203 Å². The predicted octanol–water partition coefficient (Wildman–Crippen LogP) is 5.57.